The van der Waals surface area contributed by atoms with Gasteiger partial charge in [-0.1, -0.05) is 28.9 Å². The SMILES string of the molecule is CC1(c2ccc(Cl)cc2F)Oc2cccc(C3CCN(Cc4nc5cc(-c6noc(=O)[nH]6)cnc5n4C[C@H]4CCCO4)CC3)c2O1. The normalized spacial score (nSPS) is 21.8. The number of imidazole rings is 1. The van der Waals surface area contributed by atoms with Gasteiger partial charge in [0.2, 0.25) is 0 Å². The lowest BCUT2D eigenvalue weighted by atomic mass is 9.88. The van der Waals surface area contributed by atoms with Gasteiger partial charge in [0.1, 0.15) is 17.2 Å². The summed E-state index contributed by atoms with van der Waals surface area (Å²) in [5.41, 5.74) is 3.50. The van der Waals surface area contributed by atoms with E-state index in [4.69, 9.17) is 35.8 Å². The molecule has 2 saturated heterocycles. The second-order valence-corrected chi connectivity index (χ2v) is 12.7. The van der Waals surface area contributed by atoms with Crippen LogP contribution in [0.2, 0.25) is 5.02 Å². The number of benzene rings is 2. The first-order valence-corrected chi connectivity index (χ1v) is 15.9. The molecule has 13 heteroatoms. The fraction of sp³-hybridized carbons (Fsp3) is 0.394. The number of aromatic amines is 1. The van der Waals surface area contributed by atoms with Crippen molar-refractivity contribution in [2.75, 3.05) is 19.7 Å². The first-order chi connectivity index (χ1) is 22.3. The van der Waals surface area contributed by atoms with Crippen molar-refractivity contribution in [3.63, 3.8) is 0 Å². The Kier molecular flexibility index (Phi) is 7.30. The zero-order valence-electron chi connectivity index (χ0n) is 25.2. The number of rotatable bonds is 7. The van der Waals surface area contributed by atoms with Gasteiger partial charge in [0, 0.05) is 35.9 Å². The summed E-state index contributed by atoms with van der Waals surface area (Å²) in [6, 6.07) is 12.3. The molecule has 2 fully saturated rings. The highest BCUT2D eigenvalue weighted by molar-refractivity contribution is 6.30. The van der Waals surface area contributed by atoms with Crippen LogP contribution < -0.4 is 15.2 Å². The number of pyridine rings is 1. The third-order valence-electron chi connectivity index (χ3n) is 9.21. The minimum absolute atomic E-state index is 0.115. The zero-order valence-corrected chi connectivity index (χ0v) is 25.9. The third-order valence-corrected chi connectivity index (χ3v) is 9.45. The van der Waals surface area contributed by atoms with Gasteiger partial charge >= 0.3 is 5.76 Å². The lowest BCUT2D eigenvalue weighted by molar-refractivity contribution is -0.0712. The quantitative estimate of drug-likeness (QED) is 0.235. The van der Waals surface area contributed by atoms with Crippen LogP contribution in [-0.4, -0.2) is 55.4 Å². The molecule has 5 aromatic rings. The summed E-state index contributed by atoms with van der Waals surface area (Å²) in [4.78, 5) is 26.2. The Balaban J connectivity index is 1.01. The number of aromatic nitrogens is 5. The molecule has 1 N–H and O–H groups in total. The summed E-state index contributed by atoms with van der Waals surface area (Å²) in [7, 11) is 0. The molecule has 0 spiro atoms. The second-order valence-electron chi connectivity index (χ2n) is 12.3. The summed E-state index contributed by atoms with van der Waals surface area (Å²) in [6.07, 6.45) is 5.67. The number of nitrogens with one attached hydrogen (secondary N) is 1. The second kappa shape index (κ2) is 11.5. The van der Waals surface area contributed by atoms with Crippen molar-refractivity contribution < 1.29 is 23.1 Å². The van der Waals surface area contributed by atoms with E-state index in [0.29, 0.717) is 46.6 Å². The van der Waals surface area contributed by atoms with Crippen molar-refractivity contribution in [1.82, 2.24) is 29.6 Å². The Hall–Kier alpha value is -4.26. The van der Waals surface area contributed by atoms with Crippen LogP contribution in [0.1, 0.15) is 55.5 Å². The standard InChI is InChI=1S/C33H32ClFN6O5/c1-33(24-8-7-21(34)15-25(24)35)44-27-6-2-5-23(29(27)45-33)19-9-11-40(12-10-19)18-28-37-26-14-20(30-38-32(42)46-39-30)16-36-31(26)41(28)17-22-4-3-13-43-22/h2,5-8,14-16,19,22H,3-4,9-13,17-18H2,1H3,(H,38,39,42)/t22-,33?/m1/s1. The van der Waals surface area contributed by atoms with Gasteiger partial charge in [0.15, 0.2) is 23.0 Å². The number of ether oxygens (including phenoxy) is 3. The van der Waals surface area contributed by atoms with E-state index in [9.17, 15) is 9.18 Å². The third kappa shape index (κ3) is 5.33. The maximum atomic E-state index is 14.9. The van der Waals surface area contributed by atoms with Gasteiger partial charge in [0.05, 0.1) is 24.8 Å². The van der Waals surface area contributed by atoms with Crippen molar-refractivity contribution in [2.24, 2.45) is 0 Å². The lowest BCUT2D eigenvalue weighted by Crippen LogP contribution is -2.34. The number of likely N-dealkylation sites (tertiary alicyclic amines) is 1. The molecule has 8 rings (SSSR count). The highest BCUT2D eigenvalue weighted by Gasteiger charge is 2.43. The number of hydrogen-bond acceptors (Lipinski definition) is 9. The largest absolute Gasteiger partial charge is 0.444 e. The Morgan fingerprint density at radius 2 is 2.00 bits per heavy atom. The maximum Gasteiger partial charge on any atom is 0.439 e. The van der Waals surface area contributed by atoms with Crippen LogP contribution in [0.25, 0.3) is 22.6 Å². The van der Waals surface area contributed by atoms with Crippen LogP contribution in [0, 0.1) is 5.82 Å². The van der Waals surface area contributed by atoms with Crippen LogP contribution in [0.5, 0.6) is 11.5 Å². The number of fused-ring (bicyclic) bond motifs is 2. The predicted molar refractivity (Wildman–Crippen MR) is 166 cm³/mol. The Morgan fingerprint density at radius 1 is 1.13 bits per heavy atom. The highest BCUT2D eigenvalue weighted by atomic mass is 35.5. The van der Waals surface area contributed by atoms with Crippen LogP contribution in [-0.2, 0) is 23.6 Å². The summed E-state index contributed by atoms with van der Waals surface area (Å²) in [5, 5.41) is 4.12. The predicted octanol–water partition coefficient (Wildman–Crippen LogP) is 5.77. The van der Waals surface area contributed by atoms with Gasteiger partial charge in [-0.15, -0.1) is 0 Å². The van der Waals surface area contributed by atoms with Gasteiger partial charge in [-0.3, -0.25) is 14.4 Å². The average Bonchev–Trinajstić information content (AvgIpc) is 3.84. The molecular weight excluding hydrogens is 615 g/mol. The molecule has 3 aromatic heterocycles. The van der Waals surface area contributed by atoms with Crippen LogP contribution in [0.4, 0.5) is 4.39 Å². The van der Waals surface area contributed by atoms with E-state index in [1.54, 1.807) is 25.3 Å². The summed E-state index contributed by atoms with van der Waals surface area (Å²) in [6.45, 7) is 5.56. The van der Waals surface area contributed by atoms with E-state index in [1.165, 1.54) is 6.07 Å². The smallest absolute Gasteiger partial charge is 0.439 e. The van der Waals surface area contributed by atoms with E-state index in [1.807, 2.05) is 18.2 Å². The molecule has 0 radical (unpaired) electrons. The lowest BCUT2D eigenvalue weighted by Gasteiger charge is -2.32. The van der Waals surface area contributed by atoms with Crippen molar-refractivity contribution >= 4 is 22.8 Å². The summed E-state index contributed by atoms with van der Waals surface area (Å²) < 4.78 is 40.3. The van der Waals surface area contributed by atoms with E-state index in [-0.39, 0.29) is 12.0 Å². The van der Waals surface area contributed by atoms with E-state index in [2.05, 4.69) is 30.2 Å². The van der Waals surface area contributed by atoms with E-state index >= 15 is 0 Å². The molecular formula is C33H32ClFN6O5. The van der Waals surface area contributed by atoms with Crippen molar-refractivity contribution in [3.05, 3.63) is 87.0 Å². The van der Waals surface area contributed by atoms with E-state index in [0.717, 1.165) is 67.9 Å². The van der Waals surface area contributed by atoms with Crippen molar-refractivity contribution in [1.29, 1.82) is 0 Å². The number of para-hydroxylation sites is 1. The number of H-pyrrole nitrogens is 1. The van der Waals surface area contributed by atoms with Crippen LogP contribution in [0.15, 0.2) is 58.0 Å². The molecule has 2 aromatic carbocycles. The molecule has 238 valence electrons. The van der Waals surface area contributed by atoms with Gasteiger partial charge in [0.25, 0.3) is 5.79 Å². The molecule has 46 heavy (non-hydrogen) atoms. The molecule has 3 aliphatic heterocycles. The summed E-state index contributed by atoms with van der Waals surface area (Å²) in [5.74, 6) is 0.402. The Labute approximate surface area is 268 Å². The van der Waals surface area contributed by atoms with Crippen LogP contribution in [0.3, 0.4) is 0 Å². The minimum atomic E-state index is -1.28. The molecule has 0 bridgehead atoms. The molecule has 0 aliphatic carbocycles. The minimum Gasteiger partial charge on any atom is -0.444 e. The number of halogens is 2. The highest BCUT2D eigenvalue weighted by Crippen LogP contribution is 2.50. The summed E-state index contributed by atoms with van der Waals surface area (Å²) >= 11 is 5.99. The average molecular weight is 647 g/mol. The molecule has 0 saturated carbocycles. The van der Waals surface area contributed by atoms with E-state index < -0.39 is 17.4 Å². The molecule has 6 heterocycles. The monoisotopic (exact) mass is 646 g/mol. The molecule has 3 aliphatic rings. The van der Waals surface area contributed by atoms with Gasteiger partial charge < -0.3 is 18.8 Å². The number of piperidine rings is 1. The first kappa shape index (κ1) is 29.2. The first-order valence-electron chi connectivity index (χ1n) is 15.5. The zero-order chi connectivity index (χ0) is 31.4. The molecule has 2 atom stereocenters. The van der Waals surface area contributed by atoms with Crippen molar-refractivity contribution in [3.8, 4) is 22.9 Å². The number of nitrogens with zero attached hydrogens (tertiary/aromatic N) is 5. The fourth-order valence-electron chi connectivity index (χ4n) is 6.89. The van der Waals surface area contributed by atoms with Gasteiger partial charge in [-0.25, -0.2) is 19.2 Å². The maximum absolute atomic E-state index is 14.9. The Bertz CT molecular complexity index is 1980. The topological polar surface area (TPSA) is 121 Å². The molecule has 0 amide bonds. The molecule has 1 unspecified atom stereocenters. The fourth-order valence-corrected chi connectivity index (χ4v) is 7.04. The van der Waals surface area contributed by atoms with Gasteiger partial charge in [-0.05, 0) is 75.0 Å². The van der Waals surface area contributed by atoms with Crippen molar-refractivity contribution in [2.45, 2.75) is 63.5 Å². The van der Waals surface area contributed by atoms with Crippen LogP contribution >= 0.6 is 11.6 Å². The molecule has 11 nitrogen and oxygen atoms in total. The number of hydrogen-bond donors (Lipinski definition) is 1. The Morgan fingerprint density at radius 3 is 2.76 bits per heavy atom. The van der Waals surface area contributed by atoms with Gasteiger partial charge in [-0.2, -0.15) is 0 Å².